The van der Waals surface area contributed by atoms with Crippen LogP contribution in [0.3, 0.4) is 0 Å². The standard InChI is InChI=1S/C20H17ClN4O2S/c21-14-7-9-15(10-8-14)28(26,27)18(13-22)19-20(25-11-3-4-12-25)24-17-6-2-1-5-16(17)23-19/h1-2,5-10,18H,3-4,11-12H2/t18-/m0/s1. The normalized spacial score (nSPS) is 15.5. The van der Waals surface area contributed by atoms with Crippen molar-refractivity contribution in [2.24, 2.45) is 0 Å². The van der Waals surface area contributed by atoms with Crippen LogP contribution in [0.4, 0.5) is 5.82 Å². The first-order valence-corrected chi connectivity index (χ1v) is 10.8. The smallest absolute Gasteiger partial charge is 0.200 e. The van der Waals surface area contributed by atoms with Crippen LogP contribution in [0.1, 0.15) is 23.8 Å². The Morgan fingerprint density at radius 2 is 1.61 bits per heavy atom. The maximum atomic E-state index is 13.2. The number of fused-ring (bicyclic) bond motifs is 1. The zero-order valence-electron chi connectivity index (χ0n) is 14.9. The van der Waals surface area contributed by atoms with Gasteiger partial charge in [-0.3, -0.25) is 0 Å². The molecule has 2 aromatic carbocycles. The molecule has 0 spiro atoms. The highest BCUT2D eigenvalue weighted by molar-refractivity contribution is 7.92. The molecule has 6 nitrogen and oxygen atoms in total. The molecule has 0 N–H and O–H groups in total. The van der Waals surface area contributed by atoms with E-state index in [4.69, 9.17) is 11.6 Å². The van der Waals surface area contributed by atoms with E-state index in [2.05, 4.69) is 9.97 Å². The number of rotatable bonds is 4. The van der Waals surface area contributed by atoms with Crippen molar-refractivity contribution in [2.75, 3.05) is 18.0 Å². The van der Waals surface area contributed by atoms with E-state index in [9.17, 15) is 13.7 Å². The maximum Gasteiger partial charge on any atom is 0.200 e. The fraction of sp³-hybridized carbons (Fsp3) is 0.250. The summed E-state index contributed by atoms with van der Waals surface area (Å²) in [6, 6.07) is 15.0. The van der Waals surface area contributed by atoms with Crippen LogP contribution in [0.2, 0.25) is 5.02 Å². The third kappa shape index (κ3) is 3.30. The Kier molecular flexibility index (Phi) is 4.92. The third-order valence-corrected chi connectivity index (χ3v) is 6.93. The Labute approximate surface area is 168 Å². The number of nitriles is 1. The van der Waals surface area contributed by atoms with Gasteiger partial charge in [0.15, 0.2) is 11.1 Å². The Balaban J connectivity index is 1.90. The highest BCUT2D eigenvalue weighted by atomic mass is 35.5. The van der Waals surface area contributed by atoms with Crippen LogP contribution < -0.4 is 4.90 Å². The molecule has 142 valence electrons. The molecule has 0 bridgehead atoms. The number of para-hydroxylation sites is 2. The first-order valence-electron chi connectivity index (χ1n) is 8.91. The molecule has 1 aliphatic heterocycles. The molecule has 2 heterocycles. The summed E-state index contributed by atoms with van der Waals surface area (Å²) >= 11 is 5.88. The highest BCUT2D eigenvalue weighted by Crippen LogP contribution is 2.35. The van der Waals surface area contributed by atoms with Crippen LogP contribution in [-0.4, -0.2) is 31.5 Å². The second-order valence-electron chi connectivity index (χ2n) is 6.62. The maximum absolute atomic E-state index is 13.2. The number of hydrogen-bond donors (Lipinski definition) is 0. The molecular formula is C20H17ClN4O2S. The van der Waals surface area contributed by atoms with E-state index >= 15 is 0 Å². The number of nitrogens with zero attached hydrogens (tertiary/aromatic N) is 4. The van der Waals surface area contributed by atoms with Crippen LogP contribution in [0.25, 0.3) is 11.0 Å². The number of hydrogen-bond acceptors (Lipinski definition) is 6. The zero-order valence-corrected chi connectivity index (χ0v) is 16.5. The molecule has 0 aliphatic carbocycles. The van der Waals surface area contributed by atoms with Gasteiger partial charge in [-0.15, -0.1) is 0 Å². The largest absolute Gasteiger partial charge is 0.355 e. The number of benzene rings is 2. The second kappa shape index (κ2) is 7.38. The number of anilines is 1. The predicted molar refractivity (Wildman–Crippen MR) is 108 cm³/mol. The van der Waals surface area contributed by atoms with Crippen molar-refractivity contribution < 1.29 is 8.42 Å². The van der Waals surface area contributed by atoms with E-state index in [0.717, 1.165) is 25.9 Å². The molecular weight excluding hydrogens is 396 g/mol. The van der Waals surface area contributed by atoms with E-state index in [1.807, 2.05) is 29.2 Å². The minimum atomic E-state index is -3.99. The van der Waals surface area contributed by atoms with Gasteiger partial charge in [-0.1, -0.05) is 23.7 Å². The summed E-state index contributed by atoms with van der Waals surface area (Å²) in [6.07, 6.45) is 1.99. The molecule has 0 amide bonds. The van der Waals surface area contributed by atoms with Gasteiger partial charge in [-0.05, 0) is 49.2 Å². The Bertz CT molecular complexity index is 1170. The van der Waals surface area contributed by atoms with Gasteiger partial charge in [0.2, 0.25) is 9.84 Å². The lowest BCUT2D eigenvalue weighted by atomic mass is 10.2. The summed E-state index contributed by atoms with van der Waals surface area (Å²) < 4.78 is 26.5. The van der Waals surface area contributed by atoms with Crippen molar-refractivity contribution >= 4 is 38.3 Å². The molecule has 8 heteroatoms. The van der Waals surface area contributed by atoms with E-state index in [1.165, 1.54) is 24.3 Å². The monoisotopic (exact) mass is 412 g/mol. The molecule has 4 rings (SSSR count). The van der Waals surface area contributed by atoms with Crippen molar-refractivity contribution in [3.8, 4) is 6.07 Å². The van der Waals surface area contributed by atoms with Crippen molar-refractivity contribution in [1.82, 2.24) is 9.97 Å². The number of aromatic nitrogens is 2. The molecule has 0 unspecified atom stereocenters. The first-order chi connectivity index (χ1) is 13.5. The van der Waals surface area contributed by atoms with E-state index in [1.54, 1.807) is 6.07 Å². The summed E-state index contributed by atoms with van der Waals surface area (Å²) in [5.74, 6) is 0.472. The van der Waals surface area contributed by atoms with Gasteiger partial charge in [-0.25, -0.2) is 18.4 Å². The van der Waals surface area contributed by atoms with Crippen LogP contribution in [0.15, 0.2) is 53.4 Å². The number of sulfone groups is 1. The van der Waals surface area contributed by atoms with Gasteiger partial charge in [0.1, 0.15) is 5.69 Å². The summed E-state index contributed by atoms with van der Waals surface area (Å²) in [4.78, 5) is 11.3. The lowest BCUT2D eigenvalue weighted by Crippen LogP contribution is -2.24. The quantitative estimate of drug-likeness (QED) is 0.645. The molecule has 1 atom stereocenters. The summed E-state index contributed by atoms with van der Waals surface area (Å²) in [5, 5.41) is 8.80. The SMILES string of the molecule is N#C[C@@H](c1nc2ccccc2nc1N1CCCC1)S(=O)(=O)c1ccc(Cl)cc1. The Morgan fingerprint density at radius 3 is 2.21 bits per heavy atom. The lowest BCUT2D eigenvalue weighted by molar-refractivity contribution is 0.590. The molecule has 1 aromatic heterocycles. The van der Waals surface area contributed by atoms with E-state index in [0.29, 0.717) is 21.9 Å². The van der Waals surface area contributed by atoms with Gasteiger partial charge in [0, 0.05) is 18.1 Å². The molecule has 1 saturated heterocycles. The average molecular weight is 413 g/mol. The lowest BCUT2D eigenvalue weighted by Gasteiger charge is -2.22. The highest BCUT2D eigenvalue weighted by Gasteiger charge is 2.35. The topological polar surface area (TPSA) is 86.9 Å². The first kappa shape index (κ1) is 18.7. The van der Waals surface area contributed by atoms with Crippen molar-refractivity contribution in [1.29, 1.82) is 5.26 Å². The van der Waals surface area contributed by atoms with E-state index in [-0.39, 0.29) is 10.6 Å². The van der Waals surface area contributed by atoms with Crippen LogP contribution in [-0.2, 0) is 9.84 Å². The molecule has 0 radical (unpaired) electrons. The van der Waals surface area contributed by atoms with Crippen molar-refractivity contribution in [3.05, 3.63) is 59.2 Å². The predicted octanol–water partition coefficient (Wildman–Crippen LogP) is 3.92. The fourth-order valence-corrected chi connectivity index (χ4v) is 4.88. The molecule has 1 fully saturated rings. The molecule has 3 aromatic rings. The molecule has 1 aliphatic rings. The summed E-state index contributed by atoms with van der Waals surface area (Å²) in [6.45, 7) is 1.53. The summed E-state index contributed by atoms with van der Waals surface area (Å²) in [5.41, 5.74) is 1.42. The number of halogens is 1. The van der Waals surface area contributed by atoms with Crippen molar-refractivity contribution in [2.45, 2.75) is 23.0 Å². The van der Waals surface area contributed by atoms with Gasteiger partial charge in [0.05, 0.1) is 22.0 Å². The molecule has 0 saturated carbocycles. The molecule has 28 heavy (non-hydrogen) atoms. The minimum Gasteiger partial charge on any atom is -0.355 e. The second-order valence-corrected chi connectivity index (χ2v) is 9.09. The fourth-order valence-electron chi connectivity index (χ4n) is 3.38. The van der Waals surface area contributed by atoms with Crippen LogP contribution in [0.5, 0.6) is 0 Å². The van der Waals surface area contributed by atoms with Crippen molar-refractivity contribution in [3.63, 3.8) is 0 Å². The van der Waals surface area contributed by atoms with Gasteiger partial charge >= 0.3 is 0 Å². The van der Waals surface area contributed by atoms with Gasteiger partial charge in [-0.2, -0.15) is 5.26 Å². The van der Waals surface area contributed by atoms with E-state index < -0.39 is 15.1 Å². The Hall–Kier alpha value is -2.69. The minimum absolute atomic E-state index is 0.0331. The summed E-state index contributed by atoms with van der Waals surface area (Å²) in [7, 11) is -3.99. The zero-order chi connectivity index (χ0) is 19.7. The van der Waals surface area contributed by atoms with Gasteiger partial charge < -0.3 is 4.90 Å². The Morgan fingerprint density at radius 1 is 1.00 bits per heavy atom. The average Bonchev–Trinajstić information content (AvgIpc) is 3.23. The van der Waals surface area contributed by atoms with Crippen LogP contribution >= 0.6 is 11.6 Å². The third-order valence-electron chi connectivity index (χ3n) is 4.80. The van der Waals surface area contributed by atoms with Gasteiger partial charge in [0.25, 0.3) is 0 Å². The van der Waals surface area contributed by atoms with Crippen LogP contribution in [0, 0.1) is 11.3 Å².